The highest BCUT2D eigenvalue weighted by Crippen LogP contribution is 2.31. The molecule has 1 aliphatic carbocycles. The molecule has 1 saturated carbocycles. The highest BCUT2D eigenvalue weighted by atomic mass is 19.1. The number of aromatic amines is 1. The third-order valence-electron chi connectivity index (χ3n) is 6.86. The summed E-state index contributed by atoms with van der Waals surface area (Å²) in [6.45, 7) is 0.756. The summed E-state index contributed by atoms with van der Waals surface area (Å²) in [7, 11) is 4.41. The van der Waals surface area contributed by atoms with Crippen molar-refractivity contribution in [3.05, 3.63) is 47.7 Å². The average molecular weight is 412 g/mol. The average Bonchev–Trinajstić information content (AvgIpc) is 3.37. The lowest BCUT2D eigenvalue weighted by Crippen LogP contribution is -2.32. The van der Waals surface area contributed by atoms with Crippen LogP contribution in [0.4, 0.5) is 4.39 Å². The van der Waals surface area contributed by atoms with E-state index in [-0.39, 0.29) is 5.82 Å². The van der Waals surface area contributed by atoms with Gasteiger partial charge in [0.25, 0.3) is 0 Å². The summed E-state index contributed by atoms with van der Waals surface area (Å²) in [6, 6.07) is 5.83. The van der Waals surface area contributed by atoms with Gasteiger partial charge in [0.15, 0.2) is 0 Å². The van der Waals surface area contributed by atoms with Gasteiger partial charge in [-0.05, 0) is 88.7 Å². The summed E-state index contributed by atoms with van der Waals surface area (Å²) in [4.78, 5) is 5.95. The van der Waals surface area contributed by atoms with Crippen LogP contribution in [0, 0.1) is 11.7 Å². The van der Waals surface area contributed by atoms with Gasteiger partial charge in [0.2, 0.25) is 0 Å². The van der Waals surface area contributed by atoms with Gasteiger partial charge in [-0.1, -0.05) is 18.1 Å². The van der Waals surface area contributed by atoms with Crippen LogP contribution >= 0.6 is 0 Å². The summed E-state index contributed by atoms with van der Waals surface area (Å²) in [5.74, 6) is 0.716. The molecule has 162 valence electrons. The molecule has 30 heavy (non-hydrogen) atoms. The zero-order valence-electron chi connectivity index (χ0n) is 18.3. The maximum atomic E-state index is 13.9. The van der Waals surface area contributed by atoms with Gasteiger partial charge in [-0.3, -0.25) is 4.68 Å². The largest absolute Gasteiger partial charge is 0.358 e. The van der Waals surface area contributed by atoms with E-state index in [0.29, 0.717) is 0 Å². The number of hydrogen-bond donors (Lipinski definition) is 1. The summed E-state index contributed by atoms with van der Waals surface area (Å²) in [5, 5.41) is 8.95. The molecule has 0 spiro atoms. The highest BCUT2D eigenvalue weighted by Gasteiger charge is 2.22. The number of benzene rings is 1. The molecule has 0 atom stereocenters. The molecular formula is C24H34FN5. The molecule has 3 aromatic rings. The quantitative estimate of drug-likeness (QED) is 0.506. The Labute approximate surface area is 178 Å². The molecule has 1 fully saturated rings. The van der Waals surface area contributed by atoms with Crippen LogP contribution in [0.1, 0.15) is 56.2 Å². The third kappa shape index (κ3) is 5.09. The molecule has 0 unspecified atom stereocenters. The number of nitrogens with one attached hydrogen (secondary N) is 1. The second-order valence-corrected chi connectivity index (χ2v) is 9.07. The van der Waals surface area contributed by atoms with Crippen LogP contribution < -0.4 is 0 Å². The Morgan fingerprint density at radius 2 is 1.97 bits per heavy atom. The van der Waals surface area contributed by atoms with Gasteiger partial charge in [-0.2, -0.15) is 0 Å². The number of fused-ring (bicyclic) bond motifs is 1. The highest BCUT2D eigenvalue weighted by molar-refractivity contribution is 5.84. The first-order chi connectivity index (χ1) is 14.6. The van der Waals surface area contributed by atoms with Crippen molar-refractivity contribution in [3.63, 3.8) is 0 Å². The topological polar surface area (TPSA) is 49.7 Å². The van der Waals surface area contributed by atoms with Gasteiger partial charge < -0.3 is 9.88 Å². The van der Waals surface area contributed by atoms with Gasteiger partial charge in [0.05, 0.1) is 6.20 Å². The van der Waals surface area contributed by atoms with Crippen LogP contribution in [0.2, 0.25) is 0 Å². The number of aromatic nitrogens is 4. The molecule has 0 bridgehead atoms. The van der Waals surface area contributed by atoms with Crippen LogP contribution in [-0.4, -0.2) is 45.0 Å². The zero-order valence-corrected chi connectivity index (χ0v) is 18.3. The maximum absolute atomic E-state index is 13.9. The summed E-state index contributed by atoms with van der Waals surface area (Å²) in [5.41, 5.74) is 3.51. The van der Waals surface area contributed by atoms with Gasteiger partial charge in [0.1, 0.15) is 5.82 Å². The van der Waals surface area contributed by atoms with Gasteiger partial charge >= 0.3 is 0 Å². The van der Waals surface area contributed by atoms with Crippen molar-refractivity contribution in [2.75, 3.05) is 14.1 Å². The van der Waals surface area contributed by atoms with Crippen LogP contribution in [0.5, 0.6) is 0 Å². The molecule has 0 aliphatic heterocycles. The molecule has 2 aromatic heterocycles. The van der Waals surface area contributed by atoms with E-state index < -0.39 is 0 Å². The monoisotopic (exact) mass is 411 g/mol. The van der Waals surface area contributed by atoms with E-state index in [9.17, 15) is 4.39 Å². The zero-order chi connectivity index (χ0) is 20.9. The lowest BCUT2D eigenvalue weighted by atomic mass is 9.82. The Balaban J connectivity index is 1.34. The molecule has 2 heterocycles. The van der Waals surface area contributed by atoms with E-state index in [0.717, 1.165) is 42.2 Å². The predicted octanol–water partition coefficient (Wildman–Crippen LogP) is 4.97. The normalized spacial score (nSPS) is 19.7. The third-order valence-corrected chi connectivity index (χ3v) is 6.86. The number of aryl methyl sites for hydroxylation is 3. The fourth-order valence-electron chi connectivity index (χ4n) is 5.04. The molecule has 6 heteroatoms. The lowest BCUT2D eigenvalue weighted by molar-refractivity contribution is 0.187. The van der Waals surface area contributed by atoms with E-state index in [2.05, 4.69) is 34.3 Å². The number of H-pyrrole nitrogens is 1. The smallest absolute Gasteiger partial charge is 0.123 e. The van der Waals surface area contributed by atoms with E-state index in [1.165, 1.54) is 62.3 Å². The predicted molar refractivity (Wildman–Crippen MR) is 119 cm³/mol. The first kappa shape index (κ1) is 21.0. The Kier molecular flexibility index (Phi) is 6.82. The van der Waals surface area contributed by atoms with E-state index in [1.54, 1.807) is 12.3 Å². The Hall–Kier alpha value is -2.21. The first-order valence-corrected chi connectivity index (χ1v) is 11.4. The first-order valence-electron chi connectivity index (χ1n) is 11.4. The van der Waals surface area contributed by atoms with E-state index >= 15 is 0 Å². The second-order valence-electron chi connectivity index (χ2n) is 9.07. The minimum Gasteiger partial charge on any atom is -0.358 e. The van der Waals surface area contributed by atoms with Crippen LogP contribution in [0.3, 0.4) is 0 Å². The molecule has 1 N–H and O–H groups in total. The van der Waals surface area contributed by atoms with Gasteiger partial charge in [-0.15, -0.1) is 5.10 Å². The molecule has 1 aromatic carbocycles. The van der Waals surface area contributed by atoms with Crippen molar-refractivity contribution in [2.24, 2.45) is 5.92 Å². The Bertz CT molecular complexity index is 923. The number of halogens is 1. The van der Waals surface area contributed by atoms with Crippen molar-refractivity contribution in [1.82, 2.24) is 24.9 Å². The van der Waals surface area contributed by atoms with Gasteiger partial charge in [0, 0.05) is 35.4 Å². The summed E-state index contributed by atoms with van der Waals surface area (Å²) in [6.07, 6.45) is 14.6. The number of hydrogen-bond acceptors (Lipinski definition) is 3. The Morgan fingerprint density at radius 1 is 1.13 bits per heavy atom. The number of rotatable bonds is 9. The van der Waals surface area contributed by atoms with Crippen LogP contribution in [-0.2, 0) is 19.4 Å². The minimum atomic E-state index is -0.177. The molecular weight excluding hydrogens is 377 g/mol. The van der Waals surface area contributed by atoms with Gasteiger partial charge in [-0.25, -0.2) is 4.39 Å². The minimum absolute atomic E-state index is 0.177. The van der Waals surface area contributed by atoms with Crippen molar-refractivity contribution in [3.8, 4) is 0 Å². The number of unbranched alkanes of at least 4 members (excludes halogenated alkanes) is 1. The molecule has 0 saturated heterocycles. The standard InChI is InChI=1S/C24H34FN5/c1-29(2)20-10-7-18(8-11-20)5-3-4-6-23-21(13-15-30-16-14-26-28-30)22-17-19(25)9-12-24(22)27-23/h9,12,14,16-18,20,27H,3-8,10-11,13,15H2,1-2H3. The summed E-state index contributed by atoms with van der Waals surface area (Å²) >= 11 is 0. The summed E-state index contributed by atoms with van der Waals surface area (Å²) < 4.78 is 15.7. The molecule has 1 aliphatic rings. The molecule has 0 amide bonds. The van der Waals surface area contributed by atoms with Crippen LogP contribution in [0.25, 0.3) is 10.9 Å². The van der Waals surface area contributed by atoms with E-state index in [4.69, 9.17) is 0 Å². The van der Waals surface area contributed by atoms with Crippen molar-refractivity contribution >= 4 is 10.9 Å². The molecule has 0 radical (unpaired) electrons. The molecule has 4 rings (SSSR count). The lowest BCUT2D eigenvalue weighted by Gasteiger charge is -2.32. The van der Waals surface area contributed by atoms with Crippen molar-refractivity contribution < 1.29 is 4.39 Å². The molecule has 5 nitrogen and oxygen atoms in total. The second kappa shape index (κ2) is 9.73. The maximum Gasteiger partial charge on any atom is 0.123 e. The SMILES string of the molecule is CN(C)C1CCC(CCCCc2[nH]c3ccc(F)cc3c2CCn2ccnn2)CC1. The van der Waals surface area contributed by atoms with Crippen LogP contribution in [0.15, 0.2) is 30.6 Å². The van der Waals surface area contributed by atoms with Crippen molar-refractivity contribution in [1.29, 1.82) is 0 Å². The van der Waals surface area contributed by atoms with Crippen molar-refractivity contribution in [2.45, 2.75) is 70.4 Å². The van der Waals surface area contributed by atoms with E-state index in [1.807, 2.05) is 16.9 Å². The number of nitrogens with zero attached hydrogens (tertiary/aromatic N) is 4. The fraction of sp³-hybridized carbons (Fsp3) is 0.583. The Morgan fingerprint density at radius 3 is 2.70 bits per heavy atom. The fourth-order valence-corrected chi connectivity index (χ4v) is 5.04.